The number of piperidine rings is 2. The maximum absolute atomic E-state index is 13.6. The average Bonchev–Trinajstić information content (AvgIpc) is 2.81. The zero-order chi connectivity index (χ0) is 17.6. The van der Waals surface area contributed by atoms with Crippen LogP contribution in [-0.2, 0) is 4.79 Å². The van der Waals surface area contributed by atoms with E-state index >= 15 is 0 Å². The summed E-state index contributed by atoms with van der Waals surface area (Å²) in [5.74, 6) is 1.39. The highest BCUT2D eigenvalue weighted by molar-refractivity contribution is 5.76. The number of amides is 1. The van der Waals surface area contributed by atoms with Gasteiger partial charge >= 0.3 is 0 Å². The Morgan fingerprint density at radius 2 is 1.88 bits per heavy atom. The van der Waals surface area contributed by atoms with Gasteiger partial charge in [0, 0.05) is 38.6 Å². The van der Waals surface area contributed by atoms with Crippen molar-refractivity contribution in [2.45, 2.75) is 63.5 Å². The molecule has 0 saturated carbocycles. The lowest BCUT2D eigenvalue weighted by Crippen LogP contribution is -2.48. The molecule has 0 N–H and O–H groups in total. The van der Waals surface area contributed by atoms with Crippen molar-refractivity contribution in [1.82, 2.24) is 9.80 Å². The van der Waals surface area contributed by atoms with Gasteiger partial charge in [-0.1, -0.05) is 12.1 Å². The Morgan fingerprint density at radius 1 is 1.16 bits per heavy atom. The molecule has 25 heavy (non-hydrogen) atoms. The second-order valence-corrected chi connectivity index (χ2v) is 8.44. The van der Waals surface area contributed by atoms with Gasteiger partial charge in [-0.25, -0.2) is 4.39 Å². The number of likely N-dealkylation sites (tertiary alicyclic amines) is 1. The van der Waals surface area contributed by atoms with E-state index in [2.05, 4.69) is 11.0 Å². The van der Waals surface area contributed by atoms with Crippen LogP contribution < -0.4 is 0 Å². The predicted molar refractivity (Wildman–Crippen MR) is 97.0 cm³/mol. The van der Waals surface area contributed by atoms with Crippen molar-refractivity contribution in [1.29, 1.82) is 0 Å². The molecule has 1 amide bonds. The van der Waals surface area contributed by atoms with E-state index in [1.165, 1.54) is 31.2 Å². The predicted octanol–water partition coefficient (Wildman–Crippen LogP) is 3.71. The fourth-order valence-electron chi connectivity index (χ4n) is 5.31. The number of aryl methyl sites for hydroxylation is 1. The molecule has 0 spiro atoms. The Balaban J connectivity index is 1.42. The van der Waals surface area contributed by atoms with E-state index in [0.29, 0.717) is 36.2 Å². The van der Waals surface area contributed by atoms with E-state index in [1.54, 1.807) is 6.07 Å². The number of hydrogen-bond donors (Lipinski definition) is 0. The molecule has 3 heterocycles. The molecule has 4 rings (SSSR count). The van der Waals surface area contributed by atoms with Crippen LogP contribution in [0.5, 0.6) is 0 Å². The van der Waals surface area contributed by atoms with Gasteiger partial charge in [-0.2, -0.15) is 0 Å². The minimum atomic E-state index is -0.0971. The van der Waals surface area contributed by atoms with E-state index in [1.807, 2.05) is 24.9 Å². The van der Waals surface area contributed by atoms with E-state index in [-0.39, 0.29) is 5.82 Å². The SMILES string of the molecule is Cc1cc(C2C[C@H]3CC[C@@H](C2)N3CC2CCC(=O)N(C)C2)ccc1F. The summed E-state index contributed by atoms with van der Waals surface area (Å²) in [7, 11) is 1.94. The van der Waals surface area contributed by atoms with E-state index in [4.69, 9.17) is 0 Å². The molecule has 3 nitrogen and oxygen atoms in total. The van der Waals surface area contributed by atoms with Crippen molar-refractivity contribution in [2.75, 3.05) is 20.1 Å². The van der Waals surface area contributed by atoms with Gasteiger partial charge in [-0.15, -0.1) is 0 Å². The Hall–Kier alpha value is -1.42. The Labute approximate surface area is 150 Å². The third-order valence-corrected chi connectivity index (χ3v) is 6.73. The zero-order valence-electron chi connectivity index (χ0n) is 15.4. The van der Waals surface area contributed by atoms with Crippen molar-refractivity contribution in [3.63, 3.8) is 0 Å². The summed E-state index contributed by atoms with van der Waals surface area (Å²) in [5, 5.41) is 0. The van der Waals surface area contributed by atoms with Crippen LogP contribution in [0, 0.1) is 18.7 Å². The van der Waals surface area contributed by atoms with Crippen molar-refractivity contribution in [2.24, 2.45) is 5.92 Å². The van der Waals surface area contributed by atoms with E-state index < -0.39 is 0 Å². The van der Waals surface area contributed by atoms with Crippen molar-refractivity contribution in [3.8, 4) is 0 Å². The molecule has 2 bridgehead atoms. The van der Waals surface area contributed by atoms with Gasteiger partial charge < -0.3 is 4.90 Å². The summed E-state index contributed by atoms with van der Waals surface area (Å²) >= 11 is 0. The number of nitrogens with zero attached hydrogens (tertiary/aromatic N) is 2. The van der Waals surface area contributed by atoms with Crippen LogP contribution in [0.25, 0.3) is 0 Å². The summed E-state index contributed by atoms with van der Waals surface area (Å²) in [5.41, 5.74) is 2.08. The first-order valence-corrected chi connectivity index (χ1v) is 9.77. The van der Waals surface area contributed by atoms with Crippen LogP contribution in [0.1, 0.15) is 55.6 Å². The summed E-state index contributed by atoms with van der Waals surface area (Å²) in [6, 6.07) is 7.00. The molecule has 4 atom stereocenters. The lowest BCUT2D eigenvalue weighted by Gasteiger charge is -2.42. The lowest BCUT2D eigenvalue weighted by atomic mass is 9.83. The number of benzene rings is 1. The first kappa shape index (κ1) is 17.0. The lowest BCUT2D eigenvalue weighted by molar-refractivity contribution is -0.133. The van der Waals surface area contributed by atoms with E-state index in [9.17, 15) is 9.18 Å². The molecule has 0 aliphatic carbocycles. The monoisotopic (exact) mass is 344 g/mol. The van der Waals surface area contributed by atoms with Crippen molar-refractivity contribution >= 4 is 5.91 Å². The van der Waals surface area contributed by atoms with Crippen LogP contribution >= 0.6 is 0 Å². The van der Waals surface area contributed by atoms with Crippen LogP contribution in [0.2, 0.25) is 0 Å². The molecule has 1 aromatic carbocycles. The maximum Gasteiger partial charge on any atom is 0.222 e. The van der Waals surface area contributed by atoms with Gasteiger partial charge in [0.15, 0.2) is 0 Å². The highest BCUT2D eigenvalue weighted by atomic mass is 19.1. The first-order chi connectivity index (χ1) is 12.0. The molecule has 3 aliphatic heterocycles. The van der Waals surface area contributed by atoms with Crippen molar-refractivity contribution in [3.05, 3.63) is 35.1 Å². The molecule has 3 aliphatic rings. The fraction of sp³-hybridized carbons (Fsp3) is 0.667. The molecule has 136 valence electrons. The van der Waals surface area contributed by atoms with Gasteiger partial charge in [0.05, 0.1) is 0 Å². The van der Waals surface area contributed by atoms with E-state index in [0.717, 1.165) is 25.1 Å². The smallest absolute Gasteiger partial charge is 0.222 e. The number of halogens is 1. The first-order valence-electron chi connectivity index (χ1n) is 9.77. The Kier molecular flexibility index (Phi) is 4.57. The molecule has 2 unspecified atom stereocenters. The van der Waals surface area contributed by atoms with Crippen LogP contribution in [0.3, 0.4) is 0 Å². The zero-order valence-corrected chi connectivity index (χ0v) is 15.4. The fourth-order valence-corrected chi connectivity index (χ4v) is 5.31. The molecule has 0 radical (unpaired) electrons. The number of carbonyl (C=O) groups excluding carboxylic acids is 1. The van der Waals surface area contributed by atoms with Gasteiger partial charge in [0.2, 0.25) is 5.91 Å². The van der Waals surface area contributed by atoms with Gasteiger partial charge in [0.1, 0.15) is 5.82 Å². The third kappa shape index (κ3) is 3.33. The standard InChI is InChI=1S/C21H29FN2O/c1-14-9-16(4-7-20(14)22)17-10-18-5-6-19(11-17)24(18)13-15-3-8-21(25)23(2)12-15/h4,7,9,15,17-19H,3,5-6,8,10-13H2,1-2H3/t15?,17?,18-,19+. The molecular weight excluding hydrogens is 315 g/mol. The largest absolute Gasteiger partial charge is 0.345 e. The normalized spacial score (nSPS) is 33.1. The summed E-state index contributed by atoms with van der Waals surface area (Å²) in [6.45, 7) is 3.92. The summed E-state index contributed by atoms with van der Waals surface area (Å²) in [6.07, 6.45) is 6.74. The van der Waals surface area contributed by atoms with Crippen LogP contribution in [-0.4, -0.2) is 47.9 Å². The third-order valence-electron chi connectivity index (χ3n) is 6.73. The number of carbonyl (C=O) groups is 1. The summed E-state index contributed by atoms with van der Waals surface area (Å²) < 4.78 is 13.6. The number of fused-ring (bicyclic) bond motifs is 2. The van der Waals surface area contributed by atoms with Gasteiger partial charge in [0.25, 0.3) is 0 Å². The van der Waals surface area contributed by atoms with Crippen molar-refractivity contribution < 1.29 is 9.18 Å². The topological polar surface area (TPSA) is 23.6 Å². The molecular formula is C21H29FN2O. The Morgan fingerprint density at radius 3 is 2.52 bits per heavy atom. The number of hydrogen-bond acceptors (Lipinski definition) is 2. The molecule has 3 fully saturated rings. The quantitative estimate of drug-likeness (QED) is 0.834. The van der Waals surface area contributed by atoms with Crippen LogP contribution in [0.15, 0.2) is 18.2 Å². The minimum absolute atomic E-state index is 0.0971. The van der Waals surface area contributed by atoms with Crippen LogP contribution in [0.4, 0.5) is 4.39 Å². The maximum atomic E-state index is 13.6. The Bertz CT molecular complexity index is 647. The molecule has 1 aromatic rings. The highest BCUT2D eigenvalue weighted by Crippen LogP contribution is 2.43. The van der Waals surface area contributed by atoms with Gasteiger partial charge in [-0.05, 0) is 68.1 Å². The molecule has 3 saturated heterocycles. The highest BCUT2D eigenvalue weighted by Gasteiger charge is 2.42. The molecule has 4 heteroatoms. The second-order valence-electron chi connectivity index (χ2n) is 8.44. The minimum Gasteiger partial charge on any atom is -0.345 e. The van der Waals surface area contributed by atoms with Gasteiger partial charge in [-0.3, -0.25) is 9.69 Å². The number of rotatable bonds is 3. The average molecular weight is 344 g/mol. The molecule has 0 aromatic heterocycles. The second kappa shape index (κ2) is 6.71. The summed E-state index contributed by atoms with van der Waals surface area (Å²) in [4.78, 5) is 16.4.